The SMILES string of the molecule is O=C(Nc1ccc(S(=O)(=O)C2CCCC2)cc1)[C@@H]1CSCN1C(=O)c1ccccc1. The van der Waals surface area contributed by atoms with Gasteiger partial charge in [0, 0.05) is 17.0 Å². The Balaban J connectivity index is 1.44. The third kappa shape index (κ3) is 4.25. The molecule has 2 aromatic carbocycles. The van der Waals surface area contributed by atoms with Crippen molar-refractivity contribution in [1.29, 1.82) is 0 Å². The quantitative estimate of drug-likeness (QED) is 0.762. The number of carbonyl (C=O) groups excluding carboxylic acids is 2. The van der Waals surface area contributed by atoms with Crippen molar-refractivity contribution < 1.29 is 18.0 Å². The van der Waals surface area contributed by atoms with E-state index in [1.165, 1.54) is 11.8 Å². The van der Waals surface area contributed by atoms with Crippen LogP contribution >= 0.6 is 11.8 Å². The van der Waals surface area contributed by atoms with Gasteiger partial charge in [-0.2, -0.15) is 0 Å². The van der Waals surface area contributed by atoms with Crippen molar-refractivity contribution in [3.63, 3.8) is 0 Å². The monoisotopic (exact) mass is 444 g/mol. The second kappa shape index (κ2) is 8.81. The normalized spacial score (nSPS) is 19.7. The highest BCUT2D eigenvalue weighted by Gasteiger charge is 2.35. The minimum absolute atomic E-state index is 0.168. The zero-order valence-electron chi connectivity index (χ0n) is 16.5. The van der Waals surface area contributed by atoms with Gasteiger partial charge in [-0.3, -0.25) is 9.59 Å². The van der Waals surface area contributed by atoms with Gasteiger partial charge in [-0.15, -0.1) is 11.8 Å². The maximum Gasteiger partial charge on any atom is 0.255 e. The second-order valence-corrected chi connectivity index (χ2v) is 10.8. The molecule has 0 radical (unpaired) electrons. The highest BCUT2D eigenvalue weighted by Crippen LogP contribution is 2.30. The first-order chi connectivity index (χ1) is 14.5. The number of hydrogen-bond donors (Lipinski definition) is 1. The van der Waals surface area contributed by atoms with Crippen molar-refractivity contribution in [1.82, 2.24) is 4.90 Å². The Morgan fingerprint density at radius 1 is 0.967 bits per heavy atom. The van der Waals surface area contributed by atoms with Gasteiger partial charge in [-0.25, -0.2) is 8.42 Å². The van der Waals surface area contributed by atoms with Gasteiger partial charge < -0.3 is 10.2 Å². The van der Waals surface area contributed by atoms with E-state index in [-0.39, 0.29) is 17.1 Å². The molecule has 2 aromatic rings. The fourth-order valence-electron chi connectivity index (χ4n) is 3.95. The molecule has 1 saturated carbocycles. The number of carbonyl (C=O) groups is 2. The van der Waals surface area contributed by atoms with E-state index < -0.39 is 15.9 Å². The molecule has 4 rings (SSSR count). The molecule has 1 heterocycles. The highest BCUT2D eigenvalue weighted by atomic mass is 32.2. The summed E-state index contributed by atoms with van der Waals surface area (Å²) in [6, 6.07) is 14.7. The lowest BCUT2D eigenvalue weighted by Gasteiger charge is -2.23. The smallest absolute Gasteiger partial charge is 0.255 e. The summed E-state index contributed by atoms with van der Waals surface area (Å²) >= 11 is 1.54. The van der Waals surface area contributed by atoms with Crippen molar-refractivity contribution in [2.75, 3.05) is 16.9 Å². The van der Waals surface area contributed by atoms with Crippen molar-refractivity contribution in [2.45, 2.75) is 41.9 Å². The average molecular weight is 445 g/mol. The summed E-state index contributed by atoms with van der Waals surface area (Å²) < 4.78 is 25.4. The summed E-state index contributed by atoms with van der Waals surface area (Å²) in [5, 5.41) is 2.53. The van der Waals surface area contributed by atoms with Crippen molar-refractivity contribution in [3.8, 4) is 0 Å². The van der Waals surface area contributed by atoms with E-state index in [4.69, 9.17) is 0 Å². The molecule has 0 bridgehead atoms. The lowest BCUT2D eigenvalue weighted by atomic mass is 10.1. The summed E-state index contributed by atoms with van der Waals surface area (Å²) in [5.74, 6) is 0.553. The number of nitrogens with zero attached hydrogens (tertiary/aromatic N) is 1. The summed E-state index contributed by atoms with van der Waals surface area (Å²) in [6.07, 6.45) is 3.34. The first-order valence-electron chi connectivity index (χ1n) is 10.1. The van der Waals surface area contributed by atoms with Gasteiger partial charge in [0.1, 0.15) is 6.04 Å². The van der Waals surface area contributed by atoms with E-state index in [0.29, 0.717) is 40.6 Å². The lowest BCUT2D eigenvalue weighted by Crippen LogP contribution is -2.44. The third-order valence-corrected chi connectivity index (χ3v) is 8.95. The van der Waals surface area contributed by atoms with Gasteiger partial charge in [0.25, 0.3) is 5.91 Å². The molecular formula is C22H24N2O4S2. The summed E-state index contributed by atoms with van der Waals surface area (Å²) in [5.41, 5.74) is 1.08. The number of nitrogens with one attached hydrogen (secondary N) is 1. The van der Waals surface area contributed by atoms with Gasteiger partial charge in [-0.05, 0) is 49.2 Å². The van der Waals surface area contributed by atoms with Crippen molar-refractivity contribution in [2.24, 2.45) is 0 Å². The maximum absolute atomic E-state index is 12.8. The molecular weight excluding hydrogens is 420 g/mol. The first-order valence-corrected chi connectivity index (χ1v) is 12.8. The highest BCUT2D eigenvalue weighted by molar-refractivity contribution is 7.99. The molecule has 1 N–H and O–H groups in total. The van der Waals surface area contributed by atoms with Crippen LogP contribution in [0.3, 0.4) is 0 Å². The molecule has 1 atom stereocenters. The van der Waals surface area contributed by atoms with Crippen LogP contribution in [0.2, 0.25) is 0 Å². The number of sulfone groups is 1. The first kappa shape index (κ1) is 20.9. The number of benzene rings is 2. The number of thioether (sulfide) groups is 1. The summed E-state index contributed by atoms with van der Waals surface area (Å²) in [6.45, 7) is 0. The van der Waals surface area contributed by atoms with Crippen LogP contribution in [0.25, 0.3) is 0 Å². The van der Waals surface area contributed by atoms with Gasteiger partial charge in [0.05, 0.1) is 16.0 Å². The molecule has 2 amide bonds. The predicted molar refractivity (Wildman–Crippen MR) is 118 cm³/mol. The molecule has 6 nitrogen and oxygen atoms in total. The number of anilines is 1. The topological polar surface area (TPSA) is 83.6 Å². The van der Waals surface area contributed by atoms with Gasteiger partial charge >= 0.3 is 0 Å². The van der Waals surface area contributed by atoms with Gasteiger partial charge in [0.2, 0.25) is 5.91 Å². The molecule has 0 aromatic heterocycles. The molecule has 30 heavy (non-hydrogen) atoms. The van der Waals surface area contributed by atoms with E-state index in [2.05, 4.69) is 5.32 Å². The third-order valence-electron chi connectivity index (χ3n) is 5.66. The van der Waals surface area contributed by atoms with Crippen LogP contribution in [0.5, 0.6) is 0 Å². The molecule has 1 aliphatic heterocycles. The zero-order valence-corrected chi connectivity index (χ0v) is 18.1. The van der Waals surface area contributed by atoms with E-state index >= 15 is 0 Å². The molecule has 1 aliphatic carbocycles. The molecule has 2 fully saturated rings. The summed E-state index contributed by atoms with van der Waals surface area (Å²) in [4.78, 5) is 27.4. The van der Waals surface area contributed by atoms with Crippen LogP contribution in [-0.4, -0.2) is 48.1 Å². The maximum atomic E-state index is 12.8. The van der Waals surface area contributed by atoms with Crippen LogP contribution < -0.4 is 5.32 Å². The molecule has 0 unspecified atom stereocenters. The minimum Gasteiger partial charge on any atom is -0.324 e. The van der Waals surface area contributed by atoms with Crippen molar-refractivity contribution >= 4 is 39.1 Å². The molecule has 158 valence electrons. The molecule has 8 heteroatoms. The molecule has 2 aliphatic rings. The fourth-order valence-corrected chi connectivity index (χ4v) is 6.96. The Morgan fingerprint density at radius 2 is 1.63 bits per heavy atom. The Hall–Kier alpha value is -2.32. The summed E-state index contributed by atoms with van der Waals surface area (Å²) in [7, 11) is -3.32. The zero-order chi connectivity index (χ0) is 21.1. The predicted octanol–water partition coefficient (Wildman–Crippen LogP) is 3.56. The Morgan fingerprint density at radius 3 is 2.30 bits per heavy atom. The Labute approximate surface area is 181 Å². The standard InChI is InChI=1S/C22H24N2O4S2/c25-21(20-14-29-15-24(20)22(26)16-6-2-1-3-7-16)23-17-10-12-19(13-11-17)30(27,28)18-8-4-5-9-18/h1-3,6-7,10-13,18,20H,4-5,8-9,14-15H2,(H,23,25)/t20-/m0/s1. The Kier molecular flexibility index (Phi) is 6.15. The van der Waals surface area contributed by atoms with Crippen LogP contribution in [0.4, 0.5) is 5.69 Å². The van der Waals surface area contributed by atoms with Gasteiger partial charge in [0.15, 0.2) is 9.84 Å². The van der Waals surface area contributed by atoms with Crippen LogP contribution in [-0.2, 0) is 14.6 Å². The second-order valence-electron chi connectivity index (χ2n) is 7.62. The number of rotatable bonds is 5. The Bertz CT molecular complexity index is 1020. The van der Waals surface area contributed by atoms with Crippen molar-refractivity contribution in [3.05, 3.63) is 60.2 Å². The van der Waals surface area contributed by atoms with Crippen LogP contribution in [0.1, 0.15) is 36.0 Å². The van der Waals surface area contributed by atoms with E-state index in [9.17, 15) is 18.0 Å². The minimum atomic E-state index is -3.32. The van der Waals surface area contributed by atoms with E-state index in [1.54, 1.807) is 53.4 Å². The molecule has 0 spiro atoms. The fraction of sp³-hybridized carbons (Fsp3) is 0.364. The van der Waals surface area contributed by atoms with Crippen LogP contribution in [0.15, 0.2) is 59.5 Å². The molecule has 1 saturated heterocycles. The number of hydrogen-bond acceptors (Lipinski definition) is 5. The average Bonchev–Trinajstić information content (AvgIpc) is 3.47. The lowest BCUT2D eigenvalue weighted by molar-refractivity contribution is -0.119. The van der Waals surface area contributed by atoms with Gasteiger partial charge in [-0.1, -0.05) is 31.0 Å². The largest absolute Gasteiger partial charge is 0.324 e. The van der Waals surface area contributed by atoms with E-state index in [1.807, 2.05) is 6.07 Å². The number of amides is 2. The van der Waals surface area contributed by atoms with E-state index in [0.717, 1.165) is 12.8 Å². The van der Waals surface area contributed by atoms with Crippen LogP contribution in [0, 0.1) is 0 Å².